The molecule has 3 unspecified atom stereocenters. The van der Waals surface area contributed by atoms with Gasteiger partial charge in [-0.2, -0.15) is 0 Å². The zero-order valence-corrected chi connectivity index (χ0v) is 15.1. The molecule has 1 fully saturated rings. The third-order valence-corrected chi connectivity index (χ3v) is 5.09. The molecule has 0 aliphatic heterocycles. The van der Waals surface area contributed by atoms with Crippen LogP contribution in [0.2, 0.25) is 0 Å². The lowest BCUT2D eigenvalue weighted by Gasteiger charge is -2.16. The molecule has 0 spiro atoms. The van der Waals surface area contributed by atoms with Gasteiger partial charge in [-0.1, -0.05) is 24.3 Å². The summed E-state index contributed by atoms with van der Waals surface area (Å²) in [6, 6.07) is 12.3. The Morgan fingerprint density at radius 1 is 1.33 bits per heavy atom. The molecule has 3 rings (SSSR count). The van der Waals surface area contributed by atoms with E-state index in [9.17, 15) is 9.18 Å². The molecule has 0 radical (unpaired) electrons. The van der Waals surface area contributed by atoms with Crippen molar-refractivity contribution in [2.24, 2.45) is 5.92 Å². The minimum atomic E-state index is -0.232. The van der Waals surface area contributed by atoms with Crippen molar-refractivity contribution in [3.63, 3.8) is 0 Å². The number of hydrogen-bond acceptors (Lipinski definition) is 2. The Kier molecular flexibility index (Phi) is 4.90. The Morgan fingerprint density at radius 2 is 2.08 bits per heavy atom. The topological polar surface area (TPSA) is 38.3 Å². The van der Waals surface area contributed by atoms with Crippen LogP contribution in [0.1, 0.15) is 36.4 Å². The highest BCUT2D eigenvalue weighted by atomic mass is 79.9. The maximum Gasteiger partial charge on any atom is 0.224 e. The van der Waals surface area contributed by atoms with Crippen LogP contribution in [0.5, 0.6) is 5.75 Å². The number of nitrogens with one attached hydrogen (secondary N) is 1. The van der Waals surface area contributed by atoms with Crippen LogP contribution in [-0.4, -0.2) is 13.0 Å². The highest BCUT2D eigenvalue weighted by molar-refractivity contribution is 9.10. The summed E-state index contributed by atoms with van der Waals surface area (Å²) in [6.45, 7) is 1.94. The Bertz CT molecular complexity index is 765. The molecule has 0 saturated heterocycles. The number of amides is 1. The molecule has 0 bridgehead atoms. The summed E-state index contributed by atoms with van der Waals surface area (Å²) >= 11 is 3.45. The molecule has 1 amide bonds. The van der Waals surface area contributed by atoms with E-state index in [0.717, 1.165) is 15.8 Å². The first-order valence-corrected chi connectivity index (χ1v) is 8.68. The highest BCUT2D eigenvalue weighted by Gasteiger charge is 2.45. The quantitative estimate of drug-likeness (QED) is 0.809. The van der Waals surface area contributed by atoms with E-state index < -0.39 is 0 Å². The molecular formula is C19H19BrFNO2. The SMILES string of the molecule is COc1ccc(C(C)NC(=O)C2CC2c2ccccc2F)cc1Br. The molecule has 1 aliphatic rings. The zero-order chi connectivity index (χ0) is 17.3. The summed E-state index contributed by atoms with van der Waals surface area (Å²) in [5.74, 6) is 0.332. The molecule has 126 valence electrons. The van der Waals surface area contributed by atoms with E-state index in [0.29, 0.717) is 12.0 Å². The first kappa shape index (κ1) is 17.0. The number of methoxy groups -OCH3 is 1. The van der Waals surface area contributed by atoms with Crippen LogP contribution in [0.15, 0.2) is 46.9 Å². The molecule has 5 heteroatoms. The van der Waals surface area contributed by atoms with Gasteiger partial charge in [0.15, 0.2) is 0 Å². The first-order valence-electron chi connectivity index (χ1n) is 7.89. The molecule has 2 aromatic rings. The molecule has 0 aromatic heterocycles. The van der Waals surface area contributed by atoms with E-state index in [1.807, 2.05) is 31.2 Å². The third-order valence-electron chi connectivity index (χ3n) is 4.47. The van der Waals surface area contributed by atoms with Crippen molar-refractivity contribution in [1.29, 1.82) is 0 Å². The third kappa shape index (κ3) is 3.46. The fourth-order valence-electron chi connectivity index (χ4n) is 2.96. The predicted molar refractivity (Wildman–Crippen MR) is 94.5 cm³/mol. The van der Waals surface area contributed by atoms with Gasteiger partial charge in [-0.3, -0.25) is 4.79 Å². The van der Waals surface area contributed by atoms with Crippen LogP contribution in [0.4, 0.5) is 4.39 Å². The van der Waals surface area contributed by atoms with E-state index >= 15 is 0 Å². The van der Waals surface area contributed by atoms with Gasteiger partial charge in [-0.05, 0) is 64.5 Å². The summed E-state index contributed by atoms with van der Waals surface area (Å²) in [7, 11) is 1.61. The molecule has 1 N–H and O–H groups in total. The minimum absolute atomic E-state index is 0.0130. The van der Waals surface area contributed by atoms with Gasteiger partial charge >= 0.3 is 0 Å². The lowest BCUT2D eigenvalue weighted by molar-refractivity contribution is -0.123. The summed E-state index contributed by atoms with van der Waals surface area (Å²) in [5.41, 5.74) is 1.62. The lowest BCUT2D eigenvalue weighted by Crippen LogP contribution is -2.28. The van der Waals surface area contributed by atoms with Crippen molar-refractivity contribution >= 4 is 21.8 Å². The van der Waals surface area contributed by atoms with E-state index in [4.69, 9.17) is 4.74 Å². The standard InChI is InChI=1S/C19H19BrFNO2/c1-11(12-7-8-18(24-2)16(20)9-12)22-19(23)15-10-14(15)13-5-3-4-6-17(13)21/h3-9,11,14-15H,10H2,1-2H3,(H,22,23). The Labute approximate surface area is 149 Å². The average molecular weight is 392 g/mol. The van der Waals surface area contributed by atoms with Crippen molar-refractivity contribution in [2.45, 2.75) is 25.3 Å². The van der Waals surface area contributed by atoms with Gasteiger partial charge in [0.1, 0.15) is 11.6 Å². The van der Waals surface area contributed by atoms with E-state index in [2.05, 4.69) is 21.2 Å². The van der Waals surface area contributed by atoms with Gasteiger partial charge in [-0.15, -0.1) is 0 Å². The Balaban J connectivity index is 1.63. The van der Waals surface area contributed by atoms with Crippen LogP contribution in [0, 0.1) is 11.7 Å². The van der Waals surface area contributed by atoms with E-state index in [1.165, 1.54) is 6.07 Å². The highest BCUT2D eigenvalue weighted by Crippen LogP contribution is 2.48. The number of carbonyl (C=O) groups is 1. The van der Waals surface area contributed by atoms with E-state index in [-0.39, 0.29) is 29.6 Å². The smallest absolute Gasteiger partial charge is 0.224 e. The van der Waals surface area contributed by atoms with Gasteiger partial charge < -0.3 is 10.1 Å². The summed E-state index contributed by atoms with van der Waals surface area (Å²) < 4.78 is 19.9. The molecule has 3 atom stereocenters. The Hall–Kier alpha value is -1.88. The number of hydrogen-bond donors (Lipinski definition) is 1. The van der Waals surface area contributed by atoms with E-state index in [1.54, 1.807) is 19.2 Å². The van der Waals surface area contributed by atoms with Crippen LogP contribution in [0.25, 0.3) is 0 Å². The number of ether oxygens (including phenoxy) is 1. The van der Waals surface area contributed by atoms with Crippen molar-refractivity contribution in [2.75, 3.05) is 7.11 Å². The molecule has 3 nitrogen and oxygen atoms in total. The van der Waals surface area contributed by atoms with Gasteiger partial charge in [0, 0.05) is 5.92 Å². The molecule has 24 heavy (non-hydrogen) atoms. The second-order valence-corrected chi connectivity index (χ2v) is 6.95. The van der Waals surface area contributed by atoms with Crippen molar-refractivity contribution in [1.82, 2.24) is 5.32 Å². The fraction of sp³-hybridized carbons (Fsp3) is 0.316. The van der Waals surface area contributed by atoms with Gasteiger partial charge in [-0.25, -0.2) is 4.39 Å². The number of benzene rings is 2. The number of halogens is 2. The van der Waals surface area contributed by atoms with Crippen LogP contribution in [-0.2, 0) is 4.79 Å². The normalized spacial score (nSPS) is 20.3. The second kappa shape index (κ2) is 6.93. The van der Waals surface area contributed by atoms with Crippen LogP contribution < -0.4 is 10.1 Å². The second-order valence-electron chi connectivity index (χ2n) is 6.09. The van der Waals surface area contributed by atoms with Crippen molar-refractivity contribution < 1.29 is 13.9 Å². The zero-order valence-electron chi connectivity index (χ0n) is 13.6. The minimum Gasteiger partial charge on any atom is -0.496 e. The summed E-state index contributed by atoms with van der Waals surface area (Å²) in [6.07, 6.45) is 0.700. The van der Waals surface area contributed by atoms with Crippen molar-refractivity contribution in [3.05, 3.63) is 63.9 Å². The monoisotopic (exact) mass is 391 g/mol. The number of carbonyl (C=O) groups excluding carboxylic acids is 1. The summed E-state index contributed by atoms with van der Waals surface area (Å²) in [5, 5.41) is 3.02. The summed E-state index contributed by atoms with van der Waals surface area (Å²) in [4.78, 5) is 12.4. The molecule has 0 heterocycles. The first-order chi connectivity index (χ1) is 11.5. The van der Waals surface area contributed by atoms with Crippen molar-refractivity contribution in [3.8, 4) is 5.75 Å². The van der Waals surface area contributed by atoms with Gasteiger partial charge in [0.05, 0.1) is 17.6 Å². The fourth-order valence-corrected chi connectivity index (χ4v) is 3.52. The molecule has 1 aliphatic carbocycles. The van der Waals surface area contributed by atoms with Crippen LogP contribution in [0.3, 0.4) is 0 Å². The Morgan fingerprint density at radius 3 is 2.75 bits per heavy atom. The van der Waals surface area contributed by atoms with Gasteiger partial charge in [0.2, 0.25) is 5.91 Å². The maximum atomic E-state index is 13.8. The predicted octanol–water partition coefficient (Wildman–Crippen LogP) is 4.58. The van der Waals surface area contributed by atoms with Gasteiger partial charge in [0.25, 0.3) is 0 Å². The largest absolute Gasteiger partial charge is 0.496 e. The average Bonchev–Trinajstić information content (AvgIpc) is 3.35. The molecule has 2 aromatic carbocycles. The maximum absolute atomic E-state index is 13.8. The van der Waals surface area contributed by atoms with Crippen LogP contribution >= 0.6 is 15.9 Å². The molecular weight excluding hydrogens is 373 g/mol. The number of rotatable bonds is 5. The molecule has 1 saturated carbocycles. The lowest BCUT2D eigenvalue weighted by atomic mass is 10.1.